The highest BCUT2D eigenvalue weighted by atomic mass is 16.5. The molecule has 1 amide bonds. The first kappa shape index (κ1) is 13.9. The number of hydrogen-bond donors (Lipinski definition) is 2. The second-order valence-electron chi connectivity index (χ2n) is 4.74. The number of aromatic nitrogens is 1. The van der Waals surface area contributed by atoms with Crippen LogP contribution >= 0.6 is 0 Å². The zero-order valence-corrected chi connectivity index (χ0v) is 12.0. The van der Waals surface area contributed by atoms with E-state index in [2.05, 4.69) is 15.5 Å². The number of nitrogens with zero attached hydrogens (tertiary/aromatic N) is 1. The highest BCUT2D eigenvalue weighted by molar-refractivity contribution is 5.98. The smallest absolute Gasteiger partial charge is 0.287 e. The minimum atomic E-state index is -0.277. The van der Waals surface area contributed by atoms with E-state index in [4.69, 9.17) is 4.74 Å². The first-order valence-corrected chi connectivity index (χ1v) is 6.81. The van der Waals surface area contributed by atoms with Crippen molar-refractivity contribution < 1.29 is 9.53 Å². The van der Waals surface area contributed by atoms with Gasteiger partial charge in [-0.3, -0.25) is 4.79 Å². The quantitative estimate of drug-likeness (QED) is 0.573. The summed E-state index contributed by atoms with van der Waals surface area (Å²) in [5.41, 5.74) is 4.78. The fraction of sp³-hybridized carbons (Fsp3) is 0.0588. The Balaban J connectivity index is 1.67. The molecule has 3 aromatic rings. The minimum Gasteiger partial charge on any atom is -0.497 e. The van der Waals surface area contributed by atoms with Gasteiger partial charge >= 0.3 is 0 Å². The third kappa shape index (κ3) is 2.98. The average molecular weight is 293 g/mol. The number of fused-ring (bicyclic) bond motifs is 1. The Kier molecular flexibility index (Phi) is 3.87. The molecule has 0 fully saturated rings. The molecule has 0 unspecified atom stereocenters. The number of benzene rings is 2. The van der Waals surface area contributed by atoms with Crippen molar-refractivity contribution in [1.29, 1.82) is 0 Å². The van der Waals surface area contributed by atoms with Gasteiger partial charge in [-0.25, -0.2) is 5.43 Å². The van der Waals surface area contributed by atoms with Crippen molar-refractivity contribution in [2.75, 3.05) is 7.11 Å². The van der Waals surface area contributed by atoms with Crippen molar-refractivity contribution in [2.24, 2.45) is 5.10 Å². The lowest BCUT2D eigenvalue weighted by Gasteiger charge is -1.99. The van der Waals surface area contributed by atoms with Gasteiger partial charge in [-0.1, -0.05) is 18.2 Å². The van der Waals surface area contributed by atoms with Crippen LogP contribution in [0.3, 0.4) is 0 Å². The Hall–Kier alpha value is -3.08. The molecule has 0 aliphatic carbocycles. The Morgan fingerprint density at radius 2 is 1.95 bits per heavy atom. The van der Waals surface area contributed by atoms with Crippen molar-refractivity contribution >= 4 is 23.0 Å². The number of hydrogen-bond acceptors (Lipinski definition) is 3. The van der Waals surface area contributed by atoms with Gasteiger partial charge < -0.3 is 9.72 Å². The van der Waals surface area contributed by atoms with Crippen LogP contribution in [0.25, 0.3) is 10.9 Å². The maximum absolute atomic E-state index is 12.0. The normalized spacial score (nSPS) is 11.0. The topological polar surface area (TPSA) is 66.5 Å². The first-order valence-electron chi connectivity index (χ1n) is 6.81. The zero-order chi connectivity index (χ0) is 15.4. The van der Waals surface area contributed by atoms with Crippen LogP contribution in [0.15, 0.2) is 59.7 Å². The molecule has 22 heavy (non-hydrogen) atoms. The summed E-state index contributed by atoms with van der Waals surface area (Å²) < 4.78 is 5.08. The lowest BCUT2D eigenvalue weighted by molar-refractivity contribution is 0.0951. The Morgan fingerprint density at radius 1 is 1.18 bits per heavy atom. The monoisotopic (exact) mass is 293 g/mol. The van der Waals surface area contributed by atoms with E-state index < -0.39 is 0 Å². The Bertz CT molecular complexity index is 786. The number of carbonyl (C=O) groups is 1. The summed E-state index contributed by atoms with van der Waals surface area (Å²) in [6.07, 6.45) is 1.58. The van der Waals surface area contributed by atoms with Crippen molar-refractivity contribution in [2.45, 2.75) is 0 Å². The molecule has 0 bridgehead atoms. The van der Waals surface area contributed by atoms with E-state index in [1.165, 1.54) is 0 Å². The molecule has 0 aliphatic heterocycles. The number of methoxy groups -OCH3 is 1. The van der Waals surface area contributed by atoms with Gasteiger partial charge in [0.05, 0.1) is 13.3 Å². The molecule has 0 saturated heterocycles. The van der Waals surface area contributed by atoms with Crippen LogP contribution in [0, 0.1) is 0 Å². The first-order chi connectivity index (χ1) is 10.8. The summed E-state index contributed by atoms with van der Waals surface area (Å²) >= 11 is 0. The van der Waals surface area contributed by atoms with Crippen molar-refractivity contribution in [3.8, 4) is 5.75 Å². The molecule has 0 radical (unpaired) electrons. The summed E-state index contributed by atoms with van der Waals surface area (Å²) in [4.78, 5) is 15.1. The summed E-state index contributed by atoms with van der Waals surface area (Å²) in [6.45, 7) is 0. The highest BCUT2D eigenvalue weighted by Gasteiger charge is 2.07. The minimum absolute atomic E-state index is 0.277. The van der Waals surface area contributed by atoms with Crippen molar-refractivity contribution in [3.05, 3.63) is 65.9 Å². The number of amides is 1. The fourth-order valence-electron chi connectivity index (χ4n) is 2.11. The molecule has 1 heterocycles. The second-order valence-corrected chi connectivity index (χ2v) is 4.74. The van der Waals surface area contributed by atoms with Gasteiger partial charge in [0.15, 0.2) is 0 Å². The van der Waals surface area contributed by atoms with Gasteiger partial charge in [-0.2, -0.15) is 5.10 Å². The number of aromatic amines is 1. The fourth-order valence-corrected chi connectivity index (χ4v) is 2.11. The van der Waals surface area contributed by atoms with Crippen LogP contribution < -0.4 is 10.2 Å². The van der Waals surface area contributed by atoms with E-state index in [0.717, 1.165) is 22.2 Å². The summed E-state index contributed by atoms with van der Waals surface area (Å²) in [5.74, 6) is 0.500. The van der Waals surface area contributed by atoms with Crippen LogP contribution in [0.1, 0.15) is 16.1 Å². The molecular weight excluding hydrogens is 278 g/mol. The third-order valence-electron chi connectivity index (χ3n) is 3.27. The molecule has 2 aromatic carbocycles. The Labute approximate surface area is 127 Å². The number of carbonyl (C=O) groups excluding carboxylic acids is 1. The van der Waals surface area contributed by atoms with Gasteiger partial charge in [0.2, 0.25) is 0 Å². The van der Waals surface area contributed by atoms with Gasteiger partial charge in [0.1, 0.15) is 11.4 Å². The Morgan fingerprint density at radius 3 is 2.68 bits per heavy atom. The molecule has 3 rings (SSSR count). The average Bonchev–Trinajstić information content (AvgIpc) is 2.99. The maximum Gasteiger partial charge on any atom is 0.287 e. The predicted molar refractivity (Wildman–Crippen MR) is 86.4 cm³/mol. The predicted octanol–water partition coefficient (Wildman–Crippen LogP) is 2.94. The van der Waals surface area contributed by atoms with Gasteiger partial charge in [0.25, 0.3) is 5.91 Å². The number of hydrazone groups is 1. The SMILES string of the molecule is COc1ccc(C=NNC(=O)c2cc3ccccc3[nH]2)cc1. The number of para-hydroxylation sites is 1. The summed E-state index contributed by atoms with van der Waals surface area (Å²) in [7, 11) is 1.61. The van der Waals surface area contributed by atoms with Gasteiger partial charge in [-0.15, -0.1) is 0 Å². The highest BCUT2D eigenvalue weighted by Crippen LogP contribution is 2.14. The van der Waals surface area contributed by atoms with Crippen LogP contribution in [-0.2, 0) is 0 Å². The molecule has 5 nitrogen and oxygen atoms in total. The molecule has 0 spiro atoms. The molecule has 5 heteroatoms. The molecule has 2 N–H and O–H groups in total. The number of rotatable bonds is 4. The van der Waals surface area contributed by atoms with Crippen molar-refractivity contribution in [1.82, 2.24) is 10.4 Å². The van der Waals surface area contributed by atoms with Crippen LogP contribution in [0.5, 0.6) is 5.75 Å². The van der Waals surface area contributed by atoms with E-state index in [-0.39, 0.29) is 5.91 Å². The third-order valence-corrected chi connectivity index (χ3v) is 3.27. The summed E-state index contributed by atoms with van der Waals surface area (Å²) in [5, 5.41) is 4.95. The van der Waals surface area contributed by atoms with E-state index in [1.54, 1.807) is 19.4 Å². The van der Waals surface area contributed by atoms with E-state index in [1.807, 2.05) is 48.5 Å². The van der Waals surface area contributed by atoms with Crippen molar-refractivity contribution in [3.63, 3.8) is 0 Å². The molecule has 1 aromatic heterocycles. The van der Waals surface area contributed by atoms with Crippen LogP contribution in [0.4, 0.5) is 0 Å². The van der Waals surface area contributed by atoms with E-state index in [0.29, 0.717) is 5.69 Å². The maximum atomic E-state index is 12.0. The number of H-pyrrole nitrogens is 1. The molecular formula is C17H15N3O2. The molecule has 0 aliphatic rings. The largest absolute Gasteiger partial charge is 0.497 e. The van der Waals surface area contributed by atoms with Crippen LogP contribution in [0.2, 0.25) is 0 Å². The van der Waals surface area contributed by atoms with Gasteiger partial charge in [-0.05, 0) is 42.0 Å². The summed E-state index contributed by atoms with van der Waals surface area (Å²) in [6, 6.07) is 16.9. The lowest BCUT2D eigenvalue weighted by atomic mass is 10.2. The number of ether oxygens (including phenoxy) is 1. The van der Waals surface area contributed by atoms with E-state index in [9.17, 15) is 4.79 Å². The van der Waals surface area contributed by atoms with Gasteiger partial charge in [0, 0.05) is 10.9 Å². The number of nitrogens with one attached hydrogen (secondary N) is 2. The lowest BCUT2D eigenvalue weighted by Crippen LogP contribution is -2.17. The standard InChI is InChI=1S/C17H15N3O2/c1-22-14-8-6-12(7-9-14)11-18-20-17(21)16-10-13-4-2-3-5-15(13)19-16/h2-11,19H,1H3,(H,20,21). The molecule has 0 atom stereocenters. The molecule has 110 valence electrons. The second kappa shape index (κ2) is 6.13. The van der Waals surface area contributed by atoms with Crippen LogP contribution in [-0.4, -0.2) is 24.2 Å². The zero-order valence-electron chi connectivity index (χ0n) is 12.0. The van der Waals surface area contributed by atoms with E-state index >= 15 is 0 Å². The molecule has 0 saturated carbocycles.